The molecule has 0 saturated heterocycles. The Kier molecular flexibility index (Phi) is 8.81. The zero-order valence-corrected chi connectivity index (χ0v) is 20.8. The molecule has 0 bridgehead atoms. The molecule has 2 rings (SSSR count). The molecule has 2 aromatic rings. The lowest BCUT2D eigenvalue weighted by atomic mass is 10.0. The second-order valence-electron chi connectivity index (χ2n) is 10.4. The molecule has 2 N–H and O–H groups in total. The van der Waals surface area contributed by atoms with Crippen LogP contribution in [0.4, 0.5) is 0 Å². The fraction of sp³-hybridized carbons (Fsp3) is 0.481. The average Bonchev–Trinajstić information content (AvgIpc) is 2.70. The van der Waals surface area contributed by atoms with Crippen molar-refractivity contribution in [1.29, 1.82) is 0 Å². The first kappa shape index (κ1) is 26.6. The summed E-state index contributed by atoms with van der Waals surface area (Å²) >= 11 is 0. The van der Waals surface area contributed by atoms with Gasteiger partial charge in [0.25, 0.3) is 0 Å². The number of ether oxygens (including phenoxy) is 2. The van der Waals surface area contributed by atoms with E-state index in [1.165, 1.54) is 11.6 Å². The molecule has 0 heterocycles. The minimum absolute atomic E-state index is 0.126. The van der Waals surface area contributed by atoms with Crippen molar-refractivity contribution in [3.05, 3.63) is 70.8 Å². The van der Waals surface area contributed by atoms with Crippen molar-refractivity contribution in [3.8, 4) is 0 Å². The molecule has 0 aromatic heterocycles. The minimum atomic E-state index is -0.924. The first-order valence-electron chi connectivity index (χ1n) is 11.3. The van der Waals surface area contributed by atoms with E-state index in [1.807, 2.05) is 25.1 Å². The minimum Gasteiger partial charge on any atom is -0.456 e. The Morgan fingerprint density at radius 2 is 1.36 bits per heavy atom. The van der Waals surface area contributed by atoms with Crippen LogP contribution in [0, 0.1) is 0 Å². The highest BCUT2D eigenvalue weighted by Gasteiger charge is 2.24. The molecule has 2 aromatic carbocycles. The Bertz CT molecular complexity index is 895. The van der Waals surface area contributed by atoms with Crippen molar-refractivity contribution in [1.82, 2.24) is 5.32 Å². The molecule has 2 atom stereocenters. The Morgan fingerprint density at radius 3 is 1.82 bits per heavy atom. The first-order chi connectivity index (χ1) is 15.2. The maximum absolute atomic E-state index is 12.7. The lowest BCUT2D eigenvalue weighted by molar-refractivity contribution is 0.00676. The number of carbonyl (C=O) groups excluding carboxylic acids is 2. The van der Waals surface area contributed by atoms with Crippen molar-refractivity contribution < 1.29 is 24.2 Å². The van der Waals surface area contributed by atoms with Crippen molar-refractivity contribution in [2.24, 2.45) is 0 Å². The number of hydrogen-bond donors (Lipinski definition) is 2. The Balaban J connectivity index is 2.21. The van der Waals surface area contributed by atoms with Crippen LogP contribution in [-0.4, -0.2) is 40.8 Å². The summed E-state index contributed by atoms with van der Waals surface area (Å²) in [5.74, 6) is -1.13. The van der Waals surface area contributed by atoms with Gasteiger partial charge in [0.05, 0.1) is 17.2 Å². The van der Waals surface area contributed by atoms with Gasteiger partial charge in [-0.1, -0.05) is 30.3 Å². The Hall–Kier alpha value is -2.70. The van der Waals surface area contributed by atoms with Crippen LogP contribution in [0.1, 0.15) is 86.4 Å². The lowest BCUT2D eigenvalue weighted by Crippen LogP contribution is -2.32. The number of hydrogen-bond acceptors (Lipinski definition) is 6. The van der Waals surface area contributed by atoms with Gasteiger partial charge < -0.3 is 19.9 Å². The summed E-state index contributed by atoms with van der Waals surface area (Å²) in [6, 6.07) is 14.8. The SMILES string of the molecule is C[C@H](Cc1ccccc1)NC[C@H](O)c1cc(C(=O)OC(C)(C)C)cc(C(=O)OC(C)(C)C)c1. The van der Waals surface area contributed by atoms with Gasteiger partial charge in [-0.2, -0.15) is 0 Å². The number of nitrogens with one attached hydrogen (secondary N) is 1. The summed E-state index contributed by atoms with van der Waals surface area (Å²) in [6.07, 6.45) is -0.110. The van der Waals surface area contributed by atoms with Gasteiger partial charge >= 0.3 is 11.9 Å². The van der Waals surface area contributed by atoms with E-state index in [4.69, 9.17) is 9.47 Å². The second kappa shape index (κ2) is 10.9. The van der Waals surface area contributed by atoms with Gasteiger partial charge in [0.15, 0.2) is 0 Å². The third kappa shape index (κ3) is 9.36. The molecule has 0 saturated carbocycles. The zero-order chi connectivity index (χ0) is 24.8. The number of aliphatic hydroxyl groups is 1. The molecule has 0 unspecified atom stereocenters. The third-order valence-corrected chi connectivity index (χ3v) is 4.65. The van der Waals surface area contributed by atoms with E-state index in [0.717, 1.165) is 6.42 Å². The summed E-state index contributed by atoms with van der Waals surface area (Å²) in [7, 11) is 0. The van der Waals surface area contributed by atoms with Gasteiger partial charge in [-0.15, -0.1) is 0 Å². The van der Waals surface area contributed by atoms with Crippen molar-refractivity contribution in [2.45, 2.75) is 78.2 Å². The molecule has 0 radical (unpaired) electrons. The highest BCUT2D eigenvalue weighted by atomic mass is 16.6. The van der Waals surface area contributed by atoms with E-state index in [-0.39, 0.29) is 23.7 Å². The maximum Gasteiger partial charge on any atom is 0.338 e. The molecule has 0 aliphatic heterocycles. The van der Waals surface area contributed by atoms with Crippen LogP contribution in [0.25, 0.3) is 0 Å². The number of esters is 2. The van der Waals surface area contributed by atoms with E-state index >= 15 is 0 Å². The quantitative estimate of drug-likeness (QED) is 0.554. The fourth-order valence-electron chi connectivity index (χ4n) is 3.22. The molecule has 0 aliphatic rings. The molecule has 6 nitrogen and oxygen atoms in total. The standard InChI is InChI=1S/C27H37NO5/c1-18(13-19-11-9-8-10-12-19)28-17-23(29)20-14-21(24(30)32-26(2,3)4)16-22(15-20)25(31)33-27(5,6)7/h8-12,14-16,18,23,28-29H,13,17H2,1-7H3/t18-,23+/m1/s1. The maximum atomic E-state index is 12.7. The summed E-state index contributed by atoms with van der Waals surface area (Å²) in [5, 5.41) is 14.2. The number of carbonyl (C=O) groups is 2. The van der Waals surface area contributed by atoms with Crippen LogP contribution >= 0.6 is 0 Å². The average molecular weight is 456 g/mol. The van der Waals surface area contributed by atoms with Crippen molar-refractivity contribution in [2.75, 3.05) is 6.54 Å². The predicted molar refractivity (Wildman–Crippen MR) is 129 cm³/mol. The normalized spacial score (nSPS) is 13.8. The molecule has 0 fully saturated rings. The lowest BCUT2D eigenvalue weighted by Gasteiger charge is -2.22. The number of aliphatic hydroxyl groups excluding tert-OH is 1. The molecule has 6 heteroatoms. The van der Waals surface area contributed by atoms with Gasteiger partial charge in [-0.25, -0.2) is 9.59 Å². The van der Waals surface area contributed by atoms with E-state index in [1.54, 1.807) is 53.7 Å². The molecular weight excluding hydrogens is 418 g/mol. The van der Waals surface area contributed by atoms with E-state index in [2.05, 4.69) is 17.4 Å². The Labute approximate surface area is 197 Å². The first-order valence-corrected chi connectivity index (χ1v) is 11.3. The van der Waals surface area contributed by atoms with Gasteiger partial charge in [0.1, 0.15) is 11.2 Å². The van der Waals surface area contributed by atoms with Crippen LogP contribution in [0.15, 0.2) is 48.5 Å². The Morgan fingerprint density at radius 1 is 0.879 bits per heavy atom. The van der Waals surface area contributed by atoms with Crippen molar-refractivity contribution >= 4 is 11.9 Å². The highest BCUT2D eigenvalue weighted by Crippen LogP contribution is 2.22. The summed E-state index contributed by atoms with van der Waals surface area (Å²) < 4.78 is 10.9. The van der Waals surface area contributed by atoms with Crippen LogP contribution < -0.4 is 5.32 Å². The molecular formula is C27H37NO5. The fourth-order valence-corrected chi connectivity index (χ4v) is 3.22. The van der Waals surface area contributed by atoms with Gasteiger partial charge in [0, 0.05) is 12.6 Å². The number of rotatable bonds is 8. The zero-order valence-electron chi connectivity index (χ0n) is 20.8. The van der Waals surface area contributed by atoms with Crippen LogP contribution in [0.2, 0.25) is 0 Å². The van der Waals surface area contributed by atoms with Crippen LogP contribution in [0.3, 0.4) is 0 Å². The highest BCUT2D eigenvalue weighted by molar-refractivity contribution is 5.96. The summed E-state index contributed by atoms with van der Waals surface area (Å²) in [4.78, 5) is 25.4. The molecule has 33 heavy (non-hydrogen) atoms. The van der Waals surface area contributed by atoms with E-state index < -0.39 is 29.2 Å². The predicted octanol–water partition coefficient (Wildman–Crippen LogP) is 4.85. The van der Waals surface area contributed by atoms with Crippen molar-refractivity contribution in [3.63, 3.8) is 0 Å². The third-order valence-electron chi connectivity index (χ3n) is 4.65. The van der Waals surface area contributed by atoms with Gasteiger partial charge in [-0.3, -0.25) is 0 Å². The summed E-state index contributed by atoms with van der Waals surface area (Å²) in [6.45, 7) is 13.0. The molecule has 0 spiro atoms. The monoisotopic (exact) mass is 455 g/mol. The number of benzene rings is 2. The summed E-state index contributed by atoms with van der Waals surface area (Å²) in [5.41, 5.74) is 0.655. The smallest absolute Gasteiger partial charge is 0.338 e. The largest absolute Gasteiger partial charge is 0.456 e. The second-order valence-corrected chi connectivity index (χ2v) is 10.4. The topological polar surface area (TPSA) is 84.9 Å². The van der Waals surface area contributed by atoms with E-state index in [9.17, 15) is 14.7 Å². The van der Waals surface area contributed by atoms with Crippen LogP contribution in [-0.2, 0) is 15.9 Å². The van der Waals surface area contributed by atoms with Gasteiger partial charge in [-0.05, 0) is 84.2 Å². The van der Waals surface area contributed by atoms with E-state index in [0.29, 0.717) is 5.56 Å². The van der Waals surface area contributed by atoms with Crippen LogP contribution in [0.5, 0.6) is 0 Å². The molecule has 180 valence electrons. The molecule has 0 aliphatic carbocycles. The molecule has 0 amide bonds. The van der Waals surface area contributed by atoms with Gasteiger partial charge in [0.2, 0.25) is 0 Å².